The topological polar surface area (TPSA) is 0 Å². The molecule has 0 nitrogen and oxygen atoms in total. The van der Waals surface area contributed by atoms with E-state index in [0.717, 1.165) is 143 Å². The Kier molecular flexibility index (Phi) is 7.61. The van der Waals surface area contributed by atoms with Crippen LogP contribution in [0.5, 0.6) is 0 Å². The maximum atomic E-state index is 15.2. The molecule has 326 valence electrons. The van der Waals surface area contributed by atoms with Crippen LogP contribution in [0.3, 0.4) is 0 Å². The fraction of sp³-hybridized carbons (Fsp3) is 0.133. The second-order valence-electron chi connectivity index (χ2n) is 20.0. The lowest BCUT2D eigenvalue weighted by molar-refractivity contribution is -0.138. The first-order valence-electron chi connectivity index (χ1n) is 23.2. The maximum Gasteiger partial charge on any atom is 0.416 e. The van der Waals surface area contributed by atoms with E-state index >= 15 is 26.3 Å². The van der Waals surface area contributed by atoms with Gasteiger partial charge in [0.2, 0.25) is 13.4 Å². The molecule has 8 heteroatoms. The molecule has 68 heavy (non-hydrogen) atoms. The zero-order valence-electron chi connectivity index (χ0n) is 38.0. The van der Waals surface area contributed by atoms with Gasteiger partial charge in [0, 0.05) is 0 Å². The Hall–Kier alpha value is -7.05. The van der Waals surface area contributed by atoms with Crippen LogP contribution in [0.4, 0.5) is 26.3 Å². The summed E-state index contributed by atoms with van der Waals surface area (Å²) >= 11 is 0. The maximum absolute atomic E-state index is 15.2. The number of hydrogen-bond donors (Lipinski definition) is 0. The van der Waals surface area contributed by atoms with Gasteiger partial charge in [0.15, 0.2) is 0 Å². The Morgan fingerprint density at radius 1 is 0.324 bits per heavy atom. The third-order valence-electron chi connectivity index (χ3n) is 16.0. The first-order valence-corrected chi connectivity index (χ1v) is 23.2. The minimum atomic E-state index is -4.60. The summed E-state index contributed by atoms with van der Waals surface area (Å²) in [7, 11) is 0. The van der Waals surface area contributed by atoms with E-state index in [9.17, 15) is 0 Å². The van der Waals surface area contributed by atoms with Crippen molar-refractivity contribution in [1.82, 2.24) is 0 Å². The third kappa shape index (κ3) is 5.00. The number of fused-ring (bicyclic) bond motifs is 10. The second-order valence-corrected chi connectivity index (χ2v) is 20.0. The van der Waals surface area contributed by atoms with Gasteiger partial charge in [-0.3, -0.25) is 0 Å². The number of rotatable bonds is 2. The molecule has 0 unspecified atom stereocenters. The van der Waals surface area contributed by atoms with Crippen molar-refractivity contribution in [2.45, 2.75) is 53.9 Å². The van der Waals surface area contributed by atoms with Crippen molar-refractivity contribution in [2.75, 3.05) is 0 Å². The van der Waals surface area contributed by atoms with Crippen LogP contribution in [0.1, 0.15) is 44.5 Å². The molecule has 0 radical (unpaired) electrons. The molecule has 0 aliphatic carbocycles. The highest BCUT2D eigenvalue weighted by atomic mass is 19.4. The SMILES string of the molecule is Cc1cc(C)c(-c2cc3c4c(cc5c(-c6c(C)cc(C)cc6C)cc6c7c(cc2c4c57)B2c4ccccc4-c4cc(C(F)(F)F)cc-6c42)B2c4ccccc4-c4cc(C(F)(F)F)cc-3c42)c(C)c1. The van der Waals surface area contributed by atoms with Gasteiger partial charge in [0.05, 0.1) is 11.1 Å². The highest BCUT2D eigenvalue weighted by Crippen LogP contribution is 2.53. The van der Waals surface area contributed by atoms with Gasteiger partial charge < -0.3 is 0 Å². The van der Waals surface area contributed by atoms with E-state index in [1.54, 1.807) is 0 Å². The molecule has 0 aromatic heterocycles. The molecule has 0 fully saturated rings. The van der Waals surface area contributed by atoms with Crippen molar-refractivity contribution in [3.8, 4) is 66.8 Å². The van der Waals surface area contributed by atoms with E-state index < -0.39 is 23.5 Å². The largest absolute Gasteiger partial charge is 0.416 e. The van der Waals surface area contributed by atoms with Crippen LogP contribution >= 0.6 is 0 Å². The minimum absolute atomic E-state index is 0.356. The van der Waals surface area contributed by atoms with Gasteiger partial charge in [-0.15, -0.1) is 0 Å². The quantitative estimate of drug-likeness (QED) is 0.0921. The zero-order valence-corrected chi connectivity index (χ0v) is 38.0. The molecular weight excluding hydrogens is 856 g/mol. The molecule has 10 aromatic carbocycles. The first kappa shape index (κ1) is 40.1. The zero-order chi connectivity index (χ0) is 46.8. The molecule has 0 amide bonds. The van der Waals surface area contributed by atoms with Gasteiger partial charge in [-0.05, 0) is 199 Å². The van der Waals surface area contributed by atoms with Gasteiger partial charge in [0.1, 0.15) is 0 Å². The summed E-state index contributed by atoms with van der Waals surface area (Å²) in [5, 5.41) is 5.63. The lowest BCUT2D eigenvalue weighted by Gasteiger charge is -2.33. The van der Waals surface area contributed by atoms with Crippen LogP contribution in [0.15, 0.2) is 121 Å². The Bertz CT molecular complexity index is 3710. The number of alkyl halides is 6. The van der Waals surface area contributed by atoms with Crippen molar-refractivity contribution in [3.05, 3.63) is 166 Å². The lowest BCUT2D eigenvalue weighted by atomic mass is 9.34. The van der Waals surface area contributed by atoms with Gasteiger partial charge in [0.25, 0.3) is 0 Å². The second kappa shape index (κ2) is 12.9. The predicted molar refractivity (Wildman–Crippen MR) is 270 cm³/mol. The van der Waals surface area contributed by atoms with Crippen molar-refractivity contribution >= 4 is 78.5 Å². The summed E-state index contributed by atoms with van der Waals surface area (Å²) < 4.78 is 91.4. The Morgan fingerprint density at radius 3 is 1.01 bits per heavy atom. The molecule has 4 heterocycles. The molecule has 0 spiro atoms. The molecule has 0 atom stereocenters. The molecule has 0 saturated heterocycles. The van der Waals surface area contributed by atoms with Crippen LogP contribution in [-0.2, 0) is 12.4 Å². The Labute approximate surface area is 389 Å². The van der Waals surface area contributed by atoms with Crippen molar-refractivity contribution < 1.29 is 26.3 Å². The van der Waals surface area contributed by atoms with Gasteiger partial charge in [-0.1, -0.05) is 129 Å². The van der Waals surface area contributed by atoms with Crippen LogP contribution in [0, 0.1) is 41.5 Å². The normalized spacial score (nSPS) is 13.8. The molecule has 0 saturated carbocycles. The summed E-state index contributed by atoms with van der Waals surface area (Å²) in [6.45, 7) is 11.9. The molecule has 4 aliphatic rings. The number of benzene rings is 10. The molecule has 14 rings (SSSR count). The summed E-state index contributed by atoms with van der Waals surface area (Å²) in [6.07, 6.45) is -9.21. The van der Waals surface area contributed by atoms with Gasteiger partial charge in [-0.25, -0.2) is 0 Å². The molecule has 0 N–H and O–H groups in total. The van der Waals surface area contributed by atoms with E-state index in [1.807, 2.05) is 36.4 Å². The highest BCUT2D eigenvalue weighted by molar-refractivity contribution is 7.03. The smallest absolute Gasteiger partial charge is 0.166 e. The molecular formula is C60H38B2F6. The molecule has 4 aliphatic heterocycles. The number of hydrogen-bond acceptors (Lipinski definition) is 0. The van der Waals surface area contributed by atoms with E-state index in [-0.39, 0.29) is 13.4 Å². The first-order chi connectivity index (χ1) is 32.5. The average Bonchev–Trinajstić information content (AvgIpc) is 3.80. The summed E-state index contributed by atoms with van der Waals surface area (Å²) in [5.41, 5.74) is 20.1. The van der Waals surface area contributed by atoms with Crippen LogP contribution < -0.4 is 32.8 Å². The van der Waals surface area contributed by atoms with E-state index in [1.165, 1.54) is 24.3 Å². The van der Waals surface area contributed by atoms with Crippen molar-refractivity contribution in [3.63, 3.8) is 0 Å². The Balaban J connectivity index is 1.27. The average molecular weight is 895 g/mol. The minimum Gasteiger partial charge on any atom is -0.166 e. The predicted octanol–water partition coefficient (Wildman–Crippen LogP) is 12.8. The third-order valence-corrected chi connectivity index (χ3v) is 16.0. The van der Waals surface area contributed by atoms with Crippen LogP contribution in [-0.4, -0.2) is 13.4 Å². The molecule has 0 bridgehead atoms. The number of halogens is 6. The van der Waals surface area contributed by atoms with Gasteiger partial charge >= 0.3 is 12.4 Å². The summed E-state index contributed by atoms with van der Waals surface area (Å²) in [6, 6.07) is 38.8. The van der Waals surface area contributed by atoms with Gasteiger partial charge in [-0.2, -0.15) is 26.3 Å². The van der Waals surface area contributed by atoms with Crippen LogP contribution in [0.2, 0.25) is 0 Å². The summed E-state index contributed by atoms with van der Waals surface area (Å²) in [4.78, 5) is 0. The fourth-order valence-electron chi connectivity index (χ4n) is 13.9. The Morgan fingerprint density at radius 2 is 0.662 bits per heavy atom. The van der Waals surface area contributed by atoms with Crippen molar-refractivity contribution in [1.29, 1.82) is 0 Å². The van der Waals surface area contributed by atoms with E-state index in [2.05, 4.69) is 102 Å². The van der Waals surface area contributed by atoms with Crippen LogP contribution in [0.25, 0.3) is 99.1 Å². The van der Waals surface area contributed by atoms with E-state index in [0.29, 0.717) is 22.3 Å². The van der Waals surface area contributed by atoms with E-state index in [4.69, 9.17) is 0 Å². The highest BCUT2D eigenvalue weighted by Gasteiger charge is 2.47. The summed E-state index contributed by atoms with van der Waals surface area (Å²) in [5.74, 6) is 0. The lowest BCUT2D eigenvalue weighted by Crippen LogP contribution is -2.53. The monoisotopic (exact) mass is 894 g/mol. The standard InChI is InChI=1S/C60H38B2F6/c1-27-15-29(3)51(30(4)16-27)37-23-39-45-21-33(59(63,64)65)19-43-35-11-8-10-14-48(35)62(57(43)45)50-26-42-38(52-31(5)17-28(2)18-32(52)6)24-40-46-22-34(60(66,67)68)20-44-36-12-7-9-13-47(36)61(58(44)46)49-25-41(37)55(53(39)50)56(42)54(40)49/h7-26H,1-6H3. The fourth-order valence-corrected chi connectivity index (χ4v) is 13.9. The number of aryl methyl sites for hydroxylation is 6. The van der Waals surface area contributed by atoms with Crippen molar-refractivity contribution in [2.24, 2.45) is 0 Å². The molecule has 10 aromatic rings.